The van der Waals surface area contributed by atoms with Crippen molar-refractivity contribution < 1.29 is 4.79 Å². The van der Waals surface area contributed by atoms with Gasteiger partial charge in [0, 0.05) is 11.3 Å². The smallest absolute Gasteiger partial charge is 0.267 e. The molecule has 1 saturated carbocycles. The van der Waals surface area contributed by atoms with Crippen LogP contribution in [0.3, 0.4) is 0 Å². The van der Waals surface area contributed by atoms with E-state index in [4.69, 9.17) is 0 Å². The van der Waals surface area contributed by atoms with Gasteiger partial charge in [0.15, 0.2) is 0 Å². The van der Waals surface area contributed by atoms with E-state index >= 15 is 0 Å². The van der Waals surface area contributed by atoms with Gasteiger partial charge in [-0.25, -0.2) is 5.43 Å². The van der Waals surface area contributed by atoms with Crippen LogP contribution >= 0.6 is 0 Å². The number of hydrogen-bond donors (Lipinski definition) is 1. The summed E-state index contributed by atoms with van der Waals surface area (Å²) in [6, 6.07) is 5.69. The van der Waals surface area contributed by atoms with Crippen LogP contribution in [0.15, 0.2) is 23.3 Å². The zero-order chi connectivity index (χ0) is 12.4. The van der Waals surface area contributed by atoms with Crippen molar-refractivity contribution in [1.82, 2.24) is 5.43 Å². The van der Waals surface area contributed by atoms with Crippen molar-refractivity contribution in [3.63, 3.8) is 0 Å². The van der Waals surface area contributed by atoms with E-state index in [-0.39, 0.29) is 5.91 Å². The minimum Gasteiger partial charge on any atom is -0.267 e. The molecule has 2 rings (SSSR count). The minimum atomic E-state index is -0.131. The van der Waals surface area contributed by atoms with Crippen molar-refractivity contribution in [2.24, 2.45) is 11.0 Å². The Labute approximate surface area is 102 Å². The van der Waals surface area contributed by atoms with E-state index in [0.717, 1.165) is 11.3 Å². The van der Waals surface area contributed by atoms with Crippen LogP contribution in [0.25, 0.3) is 0 Å². The summed E-state index contributed by atoms with van der Waals surface area (Å²) in [5.74, 6) is 0.461. The fraction of sp³-hybridized carbons (Fsp3) is 0.429. The molecule has 0 aliphatic heterocycles. The third-order valence-electron chi connectivity index (χ3n) is 3.27. The molecule has 0 spiro atoms. The van der Waals surface area contributed by atoms with Crippen LogP contribution in [0.1, 0.15) is 41.3 Å². The Morgan fingerprint density at radius 1 is 1.29 bits per heavy atom. The minimum absolute atomic E-state index is 0.131. The lowest BCUT2D eigenvalue weighted by Crippen LogP contribution is -2.19. The van der Waals surface area contributed by atoms with E-state index in [9.17, 15) is 4.79 Å². The summed E-state index contributed by atoms with van der Waals surface area (Å²) >= 11 is 0. The Balaban J connectivity index is 2.03. The van der Waals surface area contributed by atoms with Gasteiger partial charge in [-0.05, 0) is 62.8 Å². The summed E-state index contributed by atoms with van der Waals surface area (Å²) < 4.78 is 0. The van der Waals surface area contributed by atoms with Crippen LogP contribution in [0, 0.1) is 19.8 Å². The third kappa shape index (κ3) is 2.93. The Morgan fingerprint density at radius 2 is 2.00 bits per heavy atom. The Hall–Kier alpha value is -1.64. The van der Waals surface area contributed by atoms with Crippen LogP contribution in [0.5, 0.6) is 0 Å². The molecule has 0 radical (unpaired) electrons. The van der Waals surface area contributed by atoms with Crippen LogP contribution in [-0.2, 0) is 0 Å². The maximum Gasteiger partial charge on any atom is 0.271 e. The van der Waals surface area contributed by atoms with Gasteiger partial charge in [0.25, 0.3) is 5.91 Å². The quantitative estimate of drug-likeness (QED) is 0.629. The predicted molar refractivity (Wildman–Crippen MR) is 69.2 cm³/mol. The monoisotopic (exact) mass is 230 g/mol. The summed E-state index contributed by atoms with van der Waals surface area (Å²) in [6.45, 7) is 6.01. The summed E-state index contributed by atoms with van der Waals surface area (Å²) in [6.07, 6.45) is 2.41. The third-order valence-corrected chi connectivity index (χ3v) is 3.27. The van der Waals surface area contributed by atoms with E-state index in [1.165, 1.54) is 18.4 Å². The zero-order valence-electron chi connectivity index (χ0n) is 10.6. The Morgan fingerprint density at radius 3 is 2.59 bits per heavy atom. The number of carbonyl (C=O) groups excluding carboxylic acids is 1. The first-order chi connectivity index (χ1) is 8.08. The molecule has 1 aliphatic rings. The van der Waals surface area contributed by atoms with E-state index in [1.807, 2.05) is 39.0 Å². The normalized spacial score (nSPS) is 15.8. The first-order valence-corrected chi connectivity index (χ1v) is 5.99. The molecular formula is C14H18N2O. The van der Waals surface area contributed by atoms with Gasteiger partial charge in [0.2, 0.25) is 0 Å². The van der Waals surface area contributed by atoms with Crippen molar-refractivity contribution in [1.29, 1.82) is 0 Å². The fourth-order valence-corrected chi connectivity index (χ4v) is 1.68. The molecule has 1 N–H and O–H groups in total. The van der Waals surface area contributed by atoms with Crippen LogP contribution in [0.2, 0.25) is 0 Å². The van der Waals surface area contributed by atoms with Gasteiger partial charge in [0.1, 0.15) is 0 Å². The van der Waals surface area contributed by atoms with Crippen LogP contribution in [-0.4, -0.2) is 11.6 Å². The molecule has 1 aromatic rings. The van der Waals surface area contributed by atoms with E-state index < -0.39 is 0 Å². The summed E-state index contributed by atoms with van der Waals surface area (Å²) in [4.78, 5) is 11.8. The molecule has 3 nitrogen and oxygen atoms in total. The van der Waals surface area contributed by atoms with Gasteiger partial charge in [0.05, 0.1) is 0 Å². The average molecular weight is 230 g/mol. The zero-order valence-corrected chi connectivity index (χ0v) is 10.6. The topological polar surface area (TPSA) is 41.5 Å². The number of hydrogen-bond acceptors (Lipinski definition) is 2. The van der Waals surface area contributed by atoms with E-state index in [2.05, 4.69) is 10.5 Å². The van der Waals surface area contributed by atoms with Crippen LogP contribution in [0.4, 0.5) is 0 Å². The summed E-state index contributed by atoms with van der Waals surface area (Å²) in [7, 11) is 0. The molecule has 0 bridgehead atoms. The highest BCUT2D eigenvalue weighted by atomic mass is 16.2. The summed E-state index contributed by atoms with van der Waals surface area (Å²) in [5.41, 5.74) is 6.63. The van der Waals surface area contributed by atoms with Crippen LogP contribution < -0.4 is 5.43 Å². The molecule has 0 atom stereocenters. The summed E-state index contributed by atoms with van der Waals surface area (Å²) in [5, 5.41) is 4.13. The fourth-order valence-electron chi connectivity index (χ4n) is 1.68. The van der Waals surface area contributed by atoms with Gasteiger partial charge < -0.3 is 0 Å². The average Bonchev–Trinajstić information content (AvgIpc) is 3.13. The van der Waals surface area contributed by atoms with E-state index in [1.54, 1.807) is 0 Å². The number of carbonyl (C=O) groups is 1. The highest BCUT2D eigenvalue weighted by molar-refractivity contribution is 5.96. The van der Waals surface area contributed by atoms with Crippen molar-refractivity contribution in [2.75, 3.05) is 0 Å². The lowest BCUT2D eigenvalue weighted by Gasteiger charge is -2.04. The second kappa shape index (κ2) is 4.70. The molecule has 1 fully saturated rings. The van der Waals surface area contributed by atoms with Gasteiger partial charge in [-0.3, -0.25) is 4.79 Å². The SMILES string of the molecule is C/C(=N\NC(=O)c1ccc(C)c(C)c1)C1CC1. The number of hydrazone groups is 1. The van der Waals surface area contributed by atoms with Gasteiger partial charge >= 0.3 is 0 Å². The number of amides is 1. The van der Waals surface area contributed by atoms with Crippen molar-refractivity contribution in [3.05, 3.63) is 34.9 Å². The second-order valence-corrected chi connectivity index (χ2v) is 4.77. The Kier molecular flexibility index (Phi) is 3.27. The Bertz CT molecular complexity index is 473. The highest BCUT2D eigenvalue weighted by Crippen LogP contribution is 2.30. The molecule has 1 aromatic carbocycles. The second-order valence-electron chi connectivity index (χ2n) is 4.77. The molecule has 0 heterocycles. The predicted octanol–water partition coefficient (Wildman–Crippen LogP) is 2.82. The maximum absolute atomic E-state index is 11.8. The number of nitrogens with one attached hydrogen (secondary N) is 1. The molecule has 17 heavy (non-hydrogen) atoms. The van der Waals surface area contributed by atoms with Gasteiger partial charge in [-0.15, -0.1) is 0 Å². The molecule has 90 valence electrons. The number of aryl methyl sites for hydroxylation is 2. The lowest BCUT2D eigenvalue weighted by atomic mass is 10.1. The van der Waals surface area contributed by atoms with Gasteiger partial charge in [-0.1, -0.05) is 6.07 Å². The first-order valence-electron chi connectivity index (χ1n) is 5.99. The number of rotatable bonds is 3. The molecule has 1 amide bonds. The molecule has 0 aromatic heterocycles. The van der Waals surface area contributed by atoms with Crippen molar-refractivity contribution in [2.45, 2.75) is 33.6 Å². The van der Waals surface area contributed by atoms with Gasteiger partial charge in [-0.2, -0.15) is 5.10 Å². The molecule has 1 aliphatic carbocycles. The molecule has 0 unspecified atom stereocenters. The first kappa shape index (κ1) is 11.8. The highest BCUT2D eigenvalue weighted by Gasteiger charge is 2.24. The van der Waals surface area contributed by atoms with Crippen molar-refractivity contribution in [3.8, 4) is 0 Å². The standard InChI is InChI=1S/C14H18N2O/c1-9-4-5-13(8-10(9)2)14(17)16-15-11(3)12-6-7-12/h4-5,8,12H,6-7H2,1-3H3,(H,16,17)/b15-11+. The molecule has 0 saturated heterocycles. The lowest BCUT2D eigenvalue weighted by molar-refractivity contribution is 0.0954. The van der Waals surface area contributed by atoms with E-state index in [0.29, 0.717) is 11.5 Å². The number of benzene rings is 1. The van der Waals surface area contributed by atoms with Crippen molar-refractivity contribution >= 4 is 11.6 Å². The number of nitrogens with zero attached hydrogens (tertiary/aromatic N) is 1. The largest absolute Gasteiger partial charge is 0.271 e. The molecule has 3 heteroatoms. The maximum atomic E-state index is 11.8. The molecular weight excluding hydrogens is 212 g/mol.